The van der Waals surface area contributed by atoms with Crippen LogP contribution in [0.5, 0.6) is 0 Å². The number of piperazine rings is 1. The lowest BCUT2D eigenvalue weighted by Gasteiger charge is -2.35. The molecule has 0 spiro atoms. The van der Waals surface area contributed by atoms with Crippen molar-refractivity contribution in [3.63, 3.8) is 0 Å². The first-order valence-electron chi connectivity index (χ1n) is 8.90. The van der Waals surface area contributed by atoms with Crippen LogP contribution >= 0.6 is 0 Å². The summed E-state index contributed by atoms with van der Waals surface area (Å²) in [5.74, 6) is 0.843. The van der Waals surface area contributed by atoms with Gasteiger partial charge in [0.2, 0.25) is 0 Å². The predicted octanol–water partition coefficient (Wildman–Crippen LogP) is 1.41. The SMILES string of the molecule is Cc1cc(C#N)cnc1N1C[C@@H]2C[C@H]1CN2C(=O)c1nnn2ccccc12. The van der Waals surface area contributed by atoms with Crippen molar-refractivity contribution in [2.75, 3.05) is 18.0 Å². The fourth-order valence-electron chi connectivity index (χ4n) is 4.24. The van der Waals surface area contributed by atoms with Gasteiger partial charge in [-0.25, -0.2) is 9.50 Å². The maximum Gasteiger partial charge on any atom is 0.277 e. The average Bonchev–Trinajstić information content (AvgIpc) is 3.41. The summed E-state index contributed by atoms with van der Waals surface area (Å²) in [6, 6.07) is 9.96. The van der Waals surface area contributed by atoms with Gasteiger partial charge in [0.25, 0.3) is 5.91 Å². The fraction of sp³-hybridized carbons (Fsp3) is 0.316. The van der Waals surface area contributed by atoms with E-state index in [0.29, 0.717) is 17.8 Å². The van der Waals surface area contributed by atoms with Crippen LogP contribution in [0.4, 0.5) is 5.82 Å². The highest BCUT2D eigenvalue weighted by atomic mass is 16.2. The number of aryl methyl sites for hydroxylation is 1. The Labute approximate surface area is 155 Å². The van der Waals surface area contributed by atoms with Crippen molar-refractivity contribution < 1.29 is 4.79 Å². The van der Waals surface area contributed by atoms with E-state index in [-0.39, 0.29) is 18.0 Å². The van der Waals surface area contributed by atoms with Crippen molar-refractivity contribution in [3.8, 4) is 6.07 Å². The number of rotatable bonds is 2. The number of amides is 1. The van der Waals surface area contributed by atoms with Crippen LogP contribution in [0.2, 0.25) is 0 Å². The first-order valence-corrected chi connectivity index (χ1v) is 8.90. The van der Waals surface area contributed by atoms with E-state index < -0.39 is 0 Å². The Hall–Kier alpha value is -3.47. The number of carbonyl (C=O) groups is 1. The molecule has 0 N–H and O–H groups in total. The highest BCUT2D eigenvalue weighted by Crippen LogP contribution is 2.36. The van der Waals surface area contributed by atoms with Crippen molar-refractivity contribution in [2.24, 2.45) is 0 Å². The Bertz CT molecular complexity index is 1100. The van der Waals surface area contributed by atoms with Gasteiger partial charge in [0.1, 0.15) is 11.9 Å². The molecule has 5 heterocycles. The summed E-state index contributed by atoms with van der Waals surface area (Å²) in [5, 5.41) is 17.2. The summed E-state index contributed by atoms with van der Waals surface area (Å²) in [4.78, 5) is 21.7. The van der Waals surface area contributed by atoms with Crippen LogP contribution in [-0.4, -0.2) is 55.8 Å². The number of nitrogens with zero attached hydrogens (tertiary/aromatic N) is 7. The lowest BCUT2D eigenvalue weighted by molar-refractivity contribution is 0.0721. The number of hydrogen-bond donors (Lipinski definition) is 0. The zero-order valence-corrected chi connectivity index (χ0v) is 14.8. The van der Waals surface area contributed by atoms with Crippen LogP contribution in [0, 0.1) is 18.3 Å². The molecule has 3 aromatic heterocycles. The number of hydrogen-bond acceptors (Lipinski definition) is 6. The van der Waals surface area contributed by atoms with Crippen LogP contribution in [0.1, 0.15) is 28.0 Å². The van der Waals surface area contributed by atoms with Crippen molar-refractivity contribution >= 4 is 17.2 Å². The van der Waals surface area contributed by atoms with Gasteiger partial charge in [-0.05, 0) is 37.1 Å². The summed E-state index contributed by atoms with van der Waals surface area (Å²) in [6.07, 6.45) is 4.32. The van der Waals surface area contributed by atoms with Crippen molar-refractivity contribution in [2.45, 2.75) is 25.4 Å². The summed E-state index contributed by atoms with van der Waals surface area (Å²) < 4.78 is 1.62. The van der Waals surface area contributed by atoms with E-state index in [4.69, 9.17) is 5.26 Å². The quantitative estimate of drug-likeness (QED) is 0.687. The molecule has 2 aliphatic heterocycles. The topological polar surface area (TPSA) is 90.4 Å². The van der Waals surface area contributed by atoms with E-state index in [1.165, 1.54) is 0 Å². The van der Waals surface area contributed by atoms with Crippen molar-refractivity contribution in [1.29, 1.82) is 5.26 Å². The molecule has 0 aliphatic carbocycles. The molecule has 134 valence electrons. The first kappa shape index (κ1) is 15.8. The van der Waals surface area contributed by atoms with Crippen LogP contribution < -0.4 is 4.90 Å². The third-order valence-corrected chi connectivity index (χ3v) is 5.48. The third kappa shape index (κ3) is 2.35. The zero-order valence-electron chi connectivity index (χ0n) is 14.8. The van der Waals surface area contributed by atoms with Gasteiger partial charge in [0.05, 0.1) is 23.2 Å². The highest BCUT2D eigenvalue weighted by Gasteiger charge is 2.46. The van der Waals surface area contributed by atoms with Crippen LogP contribution in [-0.2, 0) is 0 Å². The number of carbonyl (C=O) groups excluding carboxylic acids is 1. The lowest BCUT2D eigenvalue weighted by Crippen LogP contribution is -2.49. The Morgan fingerprint density at radius 2 is 2.19 bits per heavy atom. The monoisotopic (exact) mass is 359 g/mol. The van der Waals surface area contributed by atoms with E-state index in [1.54, 1.807) is 16.9 Å². The summed E-state index contributed by atoms with van der Waals surface area (Å²) in [6.45, 7) is 3.37. The van der Waals surface area contributed by atoms with Gasteiger partial charge in [0, 0.05) is 25.5 Å². The van der Waals surface area contributed by atoms with E-state index in [9.17, 15) is 4.79 Å². The molecule has 5 rings (SSSR count). The minimum Gasteiger partial charge on any atom is -0.349 e. The smallest absolute Gasteiger partial charge is 0.277 e. The fourth-order valence-corrected chi connectivity index (χ4v) is 4.24. The summed E-state index contributed by atoms with van der Waals surface area (Å²) in [5.41, 5.74) is 2.69. The molecule has 2 bridgehead atoms. The molecule has 3 aromatic rings. The lowest BCUT2D eigenvalue weighted by atomic mass is 10.2. The van der Waals surface area contributed by atoms with E-state index in [2.05, 4.69) is 26.3 Å². The average molecular weight is 359 g/mol. The van der Waals surface area contributed by atoms with E-state index in [0.717, 1.165) is 29.9 Å². The molecular formula is C19H17N7O. The molecule has 0 radical (unpaired) electrons. The molecule has 2 atom stereocenters. The summed E-state index contributed by atoms with van der Waals surface area (Å²) in [7, 11) is 0. The number of aromatic nitrogens is 4. The van der Waals surface area contributed by atoms with Gasteiger partial charge in [-0.2, -0.15) is 5.26 Å². The maximum atomic E-state index is 13.0. The van der Waals surface area contributed by atoms with Gasteiger partial charge in [-0.15, -0.1) is 5.10 Å². The Kier molecular flexibility index (Phi) is 3.37. The molecule has 27 heavy (non-hydrogen) atoms. The van der Waals surface area contributed by atoms with Gasteiger partial charge >= 0.3 is 0 Å². The van der Waals surface area contributed by atoms with E-state index in [1.807, 2.05) is 36.1 Å². The molecule has 2 aliphatic rings. The Morgan fingerprint density at radius 1 is 1.30 bits per heavy atom. The van der Waals surface area contributed by atoms with Crippen molar-refractivity contribution in [1.82, 2.24) is 24.7 Å². The van der Waals surface area contributed by atoms with Crippen molar-refractivity contribution in [3.05, 3.63) is 53.5 Å². The van der Waals surface area contributed by atoms with Crippen LogP contribution in [0.3, 0.4) is 0 Å². The Balaban J connectivity index is 1.38. The molecule has 2 saturated heterocycles. The number of anilines is 1. The molecule has 8 nitrogen and oxygen atoms in total. The second kappa shape index (κ2) is 5.77. The second-order valence-electron chi connectivity index (χ2n) is 7.10. The highest BCUT2D eigenvalue weighted by molar-refractivity contribution is 5.99. The molecule has 0 saturated carbocycles. The maximum absolute atomic E-state index is 13.0. The molecule has 0 unspecified atom stereocenters. The molecule has 1 amide bonds. The normalized spacial score (nSPS) is 21.0. The molecule has 2 fully saturated rings. The van der Waals surface area contributed by atoms with Gasteiger partial charge in [-0.3, -0.25) is 4.79 Å². The summed E-state index contributed by atoms with van der Waals surface area (Å²) >= 11 is 0. The first-order chi connectivity index (χ1) is 13.2. The minimum atomic E-state index is -0.0622. The van der Waals surface area contributed by atoms with Crippen LogP contribution in [0.25, 0.3) is 5.52 Å². The van der Waals surface area contributed by atoms with Gasteiger partial charge in [0.15, 0.2) is 5.69 Å². The number of pyridine rings is 2. The second-order valence-corrected chi connectivity index (χ2v) is 7.10. The van der Waals surface area contributed by atoms with E-state index >= 15 is 0 Å². The number of likely N-dealkylation sites (tertiary alicyclic amines) is 1. The largest absolute Gasteiger partial charge is 0.349 e. The molecule has 0 aromatic carbocycles. The van der Waals surface area contributed by atoms with Gasteiger partial charge in [-0.1, -0.05) is 11.3 Å². The standard InChI is InChI=1S/C19H17N7O/c1-12-6-13(8-20)9-21-18(12)24-10-15-7-14(24)11-25(15)19(27)17-16-4-2-3-5-26(16)23-22-17/h2-6,9,14-15H,7,10-11H2,1H3/t14-,15-/m0/s1. The van der Waals surface area contributed by atoms with Crippen LogP contribution in [0.15, 0.2) is 36.7 Å². The third-order valence-electron chi connectivity index (χ3n) is 5.48. The number of nitriles is 1. The molecular weight excluding hydrogens is 342 g/mol. The zero-order chi connectivity index (χ0) is 18.5. The minimum absolute atomic E-state index is 0.0622. The predicted molar refractivity (Wildman–Crippen MR) is 97.3 cm³/mol. The number of fused-ring (bicyclic) bond motifs is 3. The van der Waals surface area contributed by atoms with Gasteiger partial charge < -0.3 is 9.80 Å². The Morgan fingerprint density at radius 3 is 2.93 bits per heavy atom. The molecule has 8 heteroatoms.